The van der Waals surface area contributed by atoms with Gasteiger partial charge in [0, 0.05) is 20.6 Å². The van der Waals surface area contributed by atoms with E-state index in [1.54, 1.807) is 6.07 Å². The first kappa shape index (κ1) is 24.1. The molecule has 0 aliphatic rings. The van der Waals surface area contributed by atoms with E-state index in [1.807, 2.05) is 56.3 Å². The predicted octanol–water partition coefficient (Wildman–Crippen LogP) is 2.53. The summed E-state index contributed by atoms with van der Waals surface area (Å²) >= 11 is 1.02. The smallest absolute Gasteiger partial charge is 0.333 e. The van der Waals surface area contributed by atoms with Crippen LogP contribution in [0.5, 0.6) is 5.88 Å². The van der Waals surface area contributed by atoms with E-state index in [0.29, 0.717) is 12.2 Å². The molecule has 33 heavy (non-hydrogen) atoms. The molecule has 1 amide bonds. The van der Waals surface area contributed by atoms with Crippen molar-refractivity contribution in [2.75, 3.05) is 5.75 Å². The molecule has 3 aromatic rings. The Bertz CT molecular complexity index is 1320. The molecular weight excluding hydrogens is 440 g/mol. The maximum absolute atomic E-state index is 12.8. The van der Waals surface area contributed by atoms with E-state index in [1.165, 1.54) is 14.1 Å². The molecule has 0 aliphatic heterocycles. The van der Waals surface area contributed by atoms with Crippen molar-refractivity contribution in [2.24, 2.45) is 19.1 Å². The highest BCUT2D eigenvalue weighted by Gasteiger charge is 2.21. The van der Waals surface area contributed by atoms with Gasteiger partial charge < -0.3 is 10.4 Å². The Labute approximate surface area is 195 Å². The summed E-state index contributed by atoms with van der Waals surface area (Å²) in [5.74, 6) is -0.775. The third-order valence-electron chi connectivity index (χ3n) is 5.03. The molecule has 172 valence electrons. The molecule has 0 bridgehead atoms. The summed E-state index contributed by atoms with van der Waals surface area (Å²) in [6, 6.07) is 15.1. The number of aliphatic imine (C=N–C) groups is 1. The van der Waals surface area contributed by atoms with Crippen LogP contribution in [-0.4, -0.2) is 30.9 Å². The first-order valence-corrected chi connectivity index (χ1v) is 11.3. The lowest BCUT2D eigenvalue weighted by atomic mass is 10.1. The average Bonchev–Trinajstić information content (AvgIpc) is 2.79. The van der Waals surface area contributed by atoms with Gasteiger partial charge in [-0.3, -0.25) is 18.7 Å². The highest BCUT2D eigenvalue weighted by Crippen LogP contribution is 2.23. The summed E-state index contributed by atoms with van der Waals surface area (Å²) in [7, 11) is 2.70. The molecule has 2 aromatic carbocycles. The molecule has 0 unspecified atom stereocenters. The third kappa shape index (κ3) is 5.81. The molecule has 0 fully saturated rings. The highest BCUT2D eigenvalue weighted by atomic mass is 32.2. The monoisotopic (exact) mass is 466 g/mol. The van der Waals surface area contributed by atoms with Gasteiger partial charge in [-0.1, -0.05) is 53.7 Å². The van der Waals surface area contributed by atoms with Crippen molar-refractivity contribution in [1.82, 2.24) is 14.5 Å². The van der Waals surface area contributed by atoms with Gasteiger partial charge in [-0.15, -0.1) is 0 Å². The number of hydrogen-bond donors (Lipinski definition) is 2. The quantitative estimate of drug-likeness (QED) is 0.429. The molecule has 0 radical (unpaired) electrons. The van der Waals surface area contributed by atoms with Gasteiger partial charge >= 0.3 is 5.69 Å². The molecular formula is C24H26N4O4S. The van der Waals surface area contributed by atoms with Gasteiger partial charge in [-0.25, -0.2) is 9.79 Å². The summed E-state index contributed by atoms with van der Waals surface area (Å²) < 4.78 is 1.87. The standard InChI is InChI=1S/C24H26N4O4S/c1-15-8-10-17(11-9-15)13-25-19(29)14-33-21(26-18-7-5-6-16(2)12-18)20-22(30)27(3)24(32)28(4)23(20)31/h5-12,30H,13-14H2,1-4H3,(H,25,29). The van der Waals surface area contributed by atoms with Crippen molar-refractivity contribution in [3.8, 4) is 5.88 Å². The number of thioether (sulfide) groups is 1. The molecule has 9 heteroatoms. The molecule has 0 aliphatic carbocycles. The molecule has 3 rings (SSSR count). The van der Waals surface area contributed by atoms with Gasteiger partial charge in [0.2, 0.25) is 11.8 Å². The normalized spacial score (nSPS) is 11.5. The Morgan fingerprint density at radius 1 is 1.03 bits per heavy atom. The van der Waals surface area contributed by atoms with Crippen LogP contribution in [0.2, 0.25) is 0 Å². The Morgan fingerprint density at radius 3 is 2.39 bits per heavy atom. The predicted molar refractivity (Wildman–Crippen MR) is 131 cm³/mol. The van der Waals surface area contributed by atoms with Crippen LogP contribution in [0.3, 0.4) is 0 Å². The first-order valence-electron chi connectivity index (χ1n) is 10.3. The van der Waals surface area contributed by atoms with E-state index in [2.05, 4.69) is 10.3 Å². The summed E-state index contributed by atoms with van der Waals surface area (Å²) in [5.41, 5.74) is 2.17. The van der Waals surface area contributed by atoms with Crippen molar-refractivity contribution < 1.29 is 9.90 Å². The largest absolute Gasteiger partial charge is 0.494 e. The Hall–Kier alpha value is -3.59. The second-order valence-electron chi connectivity index (χ2n) is 7.71. The fourth-order valence-corrected chi connectivity index (χ4v) is 3.95. The molecule has 8 nitrogen and oxygen atoms in total. The zero-order valence-electron chi connectivity index (χ0n) is 19.0. The van der Waals surface area contributed by atoms with Crippen molar-refractivity contribution in [1.29, 1.82) is 0 Å². The summed E-state index contributed by atoms with van der Waals surface area (Å²) in [4.78, 5) is 42.0. The number of nitrogens with zero attached hydrogens (tertiary/aromatic N) is 3. The summed E-state index contributed by atoms with van der Waals surface area (Å²) in [6.07, 6.45) is 0. The van der Waals surface area contributed by atoms with E-state index < -0.39 is 17.1 Å². The van der Waals surface area contributed by atoms with Crippen molar-refractivity contribution in [3.05, 3.63) is 91.6 Å². The van der Waals surface area contributed by atoms with Gasteiger partial charge in [0.15, 0.2) is 0 Å². The Kier molecular flexibility index (Phi) is 7.55. The van der Waals surface area contributed by atoms with E-state index in [0.717, 1.165) is 37.6 Å². The van der Waals surface area contributed by atoms with Gasteiger partial charge in [-0.05, 0) is 37.1 Å². The van der Waals surface area contributed by atoms with Gasteiger partial charge in [0.05, 0.1) is 11.4 Å². The van der Waals surface area contributed by atoms with Crippen LogP contribution < -0.4 is 16.6 Å². The zero-order chi connectivity index (χ0) is 24.1. The van der Waals surface area contributed by atoms with Crippen molar-refractivity contribution >= 4 is 28.4 Å². The van der Waals surface area contributed by atoms with E-state index in [9.17, 15) is 19.5 Å². The Morgan fingerprint density at radius 2 is 1.73 bits per heavy atom. The van der Waals surface area contributed by atoms with Crippen LogP contribution in [0, 0.1) is 13.8 Å². The van der Waals surface area contributed by atoms with E-state index in [-0.39, 0.29) is 22.3 Å². The number of hydrogen-bond acceptors (Lipinski definition) is 6. The topological polar surface area (TPSA) is 106 Å². The SMILES string of the molecule is Cc1ccc(CNC(=O)CSC(=Nc2cccc(C)c2)c2c(O)n(C)c(=O)n(C)c2=O)cc1. The zero-order valence-corrected chi connectivity index (χ0v) is 19.8. The second-order valence-corrected chi connectivity index (χ2v) is 8.68. The van der Waals surface area contributed by atoms with E-state index in [4.69, 9.17) is 0 Å². The first-order chi connectivity index (χ1) is 15.7. The Balaban J connectivity index is 1.89. The maximum atomic E-state index is 12.8. The maximum Gasteiger partial charge on any atom is 0.333 e. The van der Waals surface area contributed by atoms with Crippen LogP contribution in [0.25, 0.3) is 0 Å². The van der Waals surface area contributed by atoms with E-state index >= 15 is 0 Å². The molecule has 1 heterocycles. The molecule has 1 aromatic heterocycles. The average molecular weight is 467 g/mol. The minimum absolute atomic E-state index is 0.0258. The highest BCUT2D eigenvalue weighted by molar-refractivity contribution is 8.15. The summed E-state index contributed by atoms with van der Waals surface area (Å²) in [5, 5.41) is 13.6. The molecule has 0 saturated heterocycles. The van der Waals surface area contributed by atoms with Crippen molar-refractivity contribution in [2.45, 2.75) is 20.4 Å². The van der Waals surface area contributed by atoms with Crippen molar-refractivity contribution in [3.63, 3.8) is 0 Å². The molecule has 0 atom stereocenters. The van der Waals surface area contributed by atoms with Gasteiger partial charge in [0.1, 0.15) is 10.6 Å². The summed E-state index contributed by atoms with van der Waals surface area (Å²) in [6.45, 7) is 4.27. The fraction of sp³-hybridized carbons (Fsp3) is 0.250. The van der Waals surface area contributed by atoms with Crippen LogP contribution in [0.15, 0.2) is 63.1 Å². The minimum Gasteiger partial charge on any atom is -0.494 e. The number of aryl methyl sites for hydroxylation is 2. The third-order valence-corrected chi connectivity index (χ3v) is 6.01. The van der Waals surface area contributed by atoms with Gasteiger partial charge in [-0.2, -0.15) is 0 Å². The van der Waals surface area contributed by atoms with Crippen LogP contribution in [0.4, 0.5) is 5.69 Å². The molecule has 0 spiro atoms. The van der Waals surface area contributed by atoms with Crippen LogP contribution in [0.1, 0.15) is 22.3 Å². The molecule has 2 N–H and O–H groups in total. The van der Waals surface area contributed by atoms with Crippen LogP contribution >= 0.6 is 11.8 Å². The van der Waals surface area contributed by atoms with Crippen LogP contribution in [-0.2, 0) is 25.4 Å². The number of aromatic hydroxyl groups is 1. The number of benzene rings is 2. The number of aromatic nitrogens is 2. The number of carbonyl (C=O) groups excluding carboxylic acids is 1. The minimum atomic E-state index is -0.686. The fourth-order valence-electron chi connectivity index (χ4n) is 3.09. The number of nitrogens with one attached hydrogen (secondary N) is 1. The number of rotatable bonds is 6. The number of amides is 1. The lowest BCUT2D eigenvalue weighted by molar-refractivity contribution is -0.118. The number of carbonyl (C=O) groups is 1. The van der Waals surface area contributed by atoms with Gasteiger partial charge in [0.25, 0.3) is 5.56 Å². The second kappa shape index (κ2) is 10.4. The lowest BCUT2D eigenvalue weighted by Crippen LogP contribution is -2.39. The lowest BCUT2D eigenvalue weighted by Gasteiger charge is -2.13. The molecule has 0 saturated carbocycles.